The number of nitro benzene ring substituents is 1. The molecule has 0 bridgehead atoms. The van der Waals surface area contributed by atoms with Crippen molar-refractivity contribution in [2.75, 3.05) is 26.3 Å². The minimum absolute atomic E-state index is 0.0124. The molecule has 2 aromatic rings. The summed E-state index contributed by atoms with van der Waals surface area (Å²) in [4.78, 5) is 19.6. The SMILES string of the molecule is O=[N+]([O-])c1cc(/C=N/N2CCOCC2)ccc1Sc1ncccn1. The fraction of sp³-hybridized carbons (Fsp3) is 0.267. The molecule has 0 aliphatic carbocycles. The predicted molar refractivity (Wildman–Crippen MR) is 89.2 cm³/mol. The minimum atomic E-state index is -0.405. The second-order valence-electron chi connectivity index (χ2n) is 4.93. The molecule has 8 nitrogen and oxygen atoms in total. The van der Waals surface area contributed by atoms with Gasteiger partial charge in [-0.25, -0.2) is 9.97 Å². The van der Waals surface area contributed by atoms with Crippen molar-refractivity contribution < 1.29 is 9.66 Å². The molecule has 2 heterocycles. The predicted octanol–water partition coefficient (Wildman–Crippen LogP) is 2.20. The van der Waals surface area contributed by atoms with Crippen molar-refractivity contribution >= 4 is 23.7 Å². The van der Waals surface area contributed by atoms with Gasteiger partial charge < -0.3 is 4.74 Å². The first-order valence-electron chi connectivity index (χ1n) is 7.32. The Morgan fingerprint density at radius 1 is 1.29 bits per heavy atom. The molecule has 0 radical (unpaired) electrons. The molecule has 3 rings (SSSR count). The topological polar surface area (TPSA) is 93.8 Å². The van der Waals surface area contributed by atoms with Crippen LogP contribution in [-0.2, 0) is 4.74 Å². The molecule has 0 spiro atoms. The third-order valence-electron chi connectivity index (χ3n) is 3.28. The molecule has 0 N–H and O–H groups in total. The minimum Gasteiger partial charge on any atom is -0.378 e. The molecule has 1 aromatic carbocycles. The van der Waals surface area contributed by atoms with Gasteiger partial charge in [0.1, 0.15) is 0 Å². The molecule has 1 fully saturated rings. The van der Waals surface area contributed by atoms with Crippen LogP contribution in [0.2, 0.25) is 0 Å². The van der Waals surface area contributed by atoms with Gasteiger partial charge in [0, 0.05) is 24.0 Å². The fourth-order valence-corrected chi connectivity index (χ4v) is 2.90. The van der Waals surface area contributed by atoms with Crippen LogP contribution in [0.15, 0.2) is 51.8 Å². The molecule has 0 saturated carbocycles. The van der Waals surface area contributed by atoms with E-state index < -0.39 is 4.92 Å². The molecule has 1 aliphatic rings. The summed E-state index contributed by atoms with van der Waals surface area (Å²) < 4.78 is 5.26. The Balaban J connectivity index is 1.79. The molecular weight excluding hydrogens is 330 g/mol. The summed E-state index contributed by atoms with van der Waals surface area (Å²) in [5.74, 6) is 0. The number of rotatable bonds is 5. The van der Waals surface area contributed by atoms with E-state index in [4.69, 9.17) is 4.74 Å². The summed E-state index contributed by atoms with van der Waals surface area (Å²) >= 11 is 1.16. The van der Waals surface area contributed by atoms with E-state index in [9.17, 15) is 10.1 Å². The molecule has 24 heavy (non-hydrogen) atoms. The number of hydrazone groups is 1. The molecule has 1 saturated heterocycles. The van der Waals surface area contributed by atoms with Crippen LogP contribution in [0.5, 0.6) is 0 Å². The van der Waals surface area contributed by atoms with Gasteiger partial charge in [-0.3, -0.25) is 15.1 Å². The number of aromatic nitrogens is 2. The summed E-state index contributed by atoms with van der Waals surface area (Å²) in [6, 6.07) is 6.70. The van der Waals surface area contributed by atoms with E-state index in [1.807, 2.05) is 5.01 Å². The summed E-state index contributed by atoms with van der Waals surface area (Å²) in [6.45, 7) is 2.73. The standard InChI is InChI=1S/C15H15N5O3S/c21-20(22)13-10-12(11-18-19-6-8-23-9-7-19)2-3-14(13)24-15-16-4-1-5-17-15/h1-5,10-11H,6-9H2/b18-11+. The lowest BCUT2D eigenvalue weighted by molar-refractivity contribution is -0.387. The highest BCUT2D eigenvalue weighted by atomic mass is 32.2. The molecule has 1 aliphatic heterocycles. The zero-order valence-corrected chi connectivity index (χ0v) is 13.6. The van der Waals surface area contributed by atoms with Gasteiger partial charge in [0.15, 0.2) is 5.16 Å². The van der Waals surface area contributed by atoms with Gasteiger partial charge in [0.2, 0.25) is 0 Å². The van der Waals surface area contributed by atoms with Gasteiger partial charge in [-0.15, -0.1) is 0 Å². The first-order valence-corrected chi connectivity index (χ1v) is 8.14. The molecule has 124 valence electrons. The van der Waals surface area contributed by atoms with E-state index in [2.05, 4.69) is 15.1 Å². The maximum Gasteiger partial charge on any atom is 0.283 e. The van der Waals surface area contributed by atoms with Gasteiger partial charge in [-0.2, -0.15) is 5.10 Å². The monoisotopic (exact) mass is 345 g/mol. The second-order valence-corrected chi connectivity index (χ2v) is 5.94. The van der Waals surface area contributed by atoms with Gasteiger partial charge in [-0.1, -0.05) is 6.07 Å². The molecule has 0 amide bonds. The maximum absolute atomic E-state index is 11.4. The lowest BCUT2D eigenvalue weighted by atomic mass is 10.2. The molecular formula is C15H15N5O3S. The number of hydrogen-bond donors (Lipinski definition) is 0. The van der Waals surface area contributed by atoms with Crippen molar-refractivity contribution in [2.45, 2.75) is 10.1 Å². The molecule has 0 unspecified atom stereocenters. The largest absolute Gasteiger partial charge is 0.378 e. The summed E-state index contributed by atoms with van der Waals surface area (Å²) in [7, 11) is 0. The number of ether oxygens (including phenoxy) is 1. The lowest BCUT2D eigenvalue weighted by Gasteiger charge is -2.23. The Labute approximate surface area is 142 Å². The smallest absolute Gasteiger partial charge is 0.283 e. The van der Waals surface area contributed by atoms with Crippen molar-refractivity contribution in [1.82, 2.24) is 15.0 Å². The quantitative estimate of drug-likeness (QED) is 0.355. The number of hydrogen-bond acceptors (Lipinski definition) is 8. The molecule has 1 aromatic heterocycles. The van der Waals surface area contributed by atoms with Crippen molar-refractivity contribution in [1.29, 1.82) is 0 Å². The number of nitro groups is 1. The van der Waals surface area contributed by atoms with Crippen molar-refractivity contribution in [2.24, 2.45) is 5.10 Å². The third-order valence-corrected chi connectivity index (χ3v) is 4.24. The van der Waals surface area contributed by atoms with Gasteiger partial charge in [-0.05, 0) is 23.9 Å². The maximum atomic E-state index is 11.4. The third kappa shape index (κ3) is 4.27. The van der Waals surface area contributed by atoms with Gasteiger partial charge >= 0.3 is 0 Å². The highest BCUT2D eigenvalue weighted by Crippen LogP contribution is 2.33. The zero-order valence-electron chi connectivity index (χ0n) is 12.7. The van der Waals surface area contributed by atoms with Crippen LogP contribution in [0.3, 0.4) is 0 Å². The van der Waals surface area contributed by atoms with E-state index in [1.165, 1.54) is 6.07 Å². The Kier molecular flexibility index (Phi) is 5.34. The van der Waals surface area contributed by atoms with Crippen LogP contribution in [0.1, 0.15) is 5.56 Å². The molecule has 0 atom stereocenters. The number of morpholine rings is 1. The fourth-order valence-electron chi connectivity index (χ4n) is 2.10. The highest BCUT2D eigenvalue weighted by Gasteiger charge is 2.16. The lowest BCUT2D eigenvalue weighted by Crippen LogP contribution is -2.32. The Bertz CT molecular complexity index is 735. The van der Waals surface area contributed by atoms with E-state index in [-0.39, 0.29) is 5.69 Å². The van der Waals surface area contributed by atoms with Crippen LogP contribution in [0.25, 0.3) is 0 Å². The first-order chi connectivity index (χ1) is 11.7. The van der Waals surface area contributed by atoms with E-state index in [0.29, 0.717) is 28.8 Å². The van der Waals surface area contributed by atoms with Crippen LogP contribution < -0.4 is 0 Å². The van der Waals surface area contributed by atoms with Crippen molar-refractivity contribution in [3.63, 3.8) is 0 Å². The van der Waals surface area contributed by atoms with Crippen LogP contribution >= 0.6 is 11.8 Å². The number of benzene rings is 1. The highest BCUT2D eigenvalue weighted by molar-refractivity contribution is 7.99. The first kappa shape index (κ1) is 16.3. The number of nitrogens with zero attached hydrogens (tertiary/aromatic N) is 5. The van der Waals surface area contributed by atoms with Crippen molar-refractivity contribution in [3.05, 3.63) is 52.3 Å². The van der Waals surface area contributed by atoms with Crippen LogP contribution in [-0.4, -0.2) is 52.4 Å². The summed E-state index contributed by atoms with van der Waals surface area (Å²) in [6.07, 6.45) is 4.83. The van der Waals surface area contributed by atoms with Gasteiger partial charge in [0.25, 0.3) is 5.69 Å². The average molecular weight is 345 g/mol. The Morgan fingerprint density at radius 2 is 2.04 bits per heavy atom. The Hall–Kier alpha value is -2.52. The average Bonchev–Trinajstić information content (AvgIpc) is 2.62. The van der Waals surface area contributed by atoms with E-state index in [1.54, 1.807) is 36.8 Å². The van der Waals surface area contributed by atoms with Gasteiger partial charge in [0.05, 0.1) is 42.3 Å². The second kappa shape index (κ2) is 7.84. The Morgan fingerprint density at radius 3 is 2.75 bits per heavy atom. The molecule has 9 heteroatoms. The van der Waals surface area contributed by atoms with Crippen molar-refractivity contribution in [3.8, 4) is 0 Å². The summed E-state index contributed by atoms with van der Waals surface area (Å²) in [5.41, 5.74) is 0.685. The van der Waals surface area contributed by atoms with E-state index >= 15 is 0 Å². The summed E-state index contributed by atoms with van der Waals surface area (Å²) in [5, 5.41) is 18.0. The zero-order chi connectivity index (χ0) is 16.8. The van der Waals surface area contributed by atoms with Crippen LogP contribution in [0, 0.1) is 10.1 Å². The normalized spacial score (nSPS) is 14.9. The van der Waals surface area contributed by atoms with E-state index in [0.717, 1.165) is 24.9 Å². The van der Waals surface area contributed by atoms with Crippen LogP contribution in [0.4, 0.5) is 5.69 Å².